The number of carbonyl (C=O) groups excluding carboxylic acids is 1. The summed E-state index contributed by atoms with van der Waals surface area (Å²) in [5, 5.41) is 6.46. The van der Waals surface area contributed by atoms with Crippen LogP contribution in [0.25, 0.3) is 0 Å². The Labute approximate surface area is 114 Å². The lowest BCUT2D eigenvalue weighted by Crippen LogP contribution is -2.28. The molecular weight excluding hydrogens is 236 g/mol. The average Bonchev–Trinajstić information content (AvgIpc) is 3.13. The summed E-state index contributed by atoms with van der Waals surface area (Å²) in [4.78, 5) is 12.0. The van der Waals surface area contributed by atoms with E-state index in [9.17, 15) is 4.79 Å². The fourth-order valence-corrected chi connectivity index (χ4v) is 2.70. The lowest BCUT2D eigenvalue weighted by molar-refractivity contribution is 0.0953. The van der Waals surface area contributed by atoms with Gasteiger partial charge in [0.2, 0.25) is 0 Å². The summed E-state index contributed by atoms with van der Waals surface area (Å²) < 4.78 is 0. The van der Waals surface area contributed by atoms with E-state index in [-0.39, 0.29) is 5.91 Å². The fraction of sp³-hybridized carbons (Fsp3) is 0.562. The summed E-state index contributed by atoms with van der Waals surface area (Å²) >= 11 is 0. The van der Waals surface area contributed by atoms with Crippen molar-refractivity contribution in [3.05, 3.63) is 34.9 Å². The van der Waals surface area contributed by atoms with Gasteiger partial charge in [-0.1, -0.05) is 6.07 Å². The number of carbonyl (C=O) groups is 1. The van der Waals surface area contributed by atoms with E-state index in [1.54, 1.807) is 0 Å². The topological polar surface area (TPSA) is 41.1 Å². The van der Waals surface area contributed by atoms with Crippen molar-refractivity contribution in [2.24, 2.45) is 0 Å². The maximum atomic E-state index is 12.0. The van der Waals surface area contributed by atoms with E-state index in [4.69, 9.17) is 0 Å². The monoisotopic (exact) mass is 258 g/mol. The Hall–Kier alpha value is -1.35. The number of benzene rings is 1. The Morgan fingerprint density at radius 3 is 2.84 bits per heavy atom. The van der Waals surface area contributed by atoms with Gasteiger partial charge in [-0.3, -0.25) is 4.79 Å². The summed E-state index contributed by atoms with van der Waals surface area (Å²) in [5.74, 6) is 0.0705. The molecule has 1 amide bonds. The summed E-state index contributed by atoms with van der Waals surface area (Å²) in [6.07, 6.45) is 7.18. The Kier molecular flexibility index (Phi) is 3.83. The predicted octanol–water partition coefficient (Wildman–Crippen LogP) is 2.05. The van der Waals surface area contributed by atoms with Crippen LogP contribution >= 0.6 is 0 Å². The molecule has 3 rings (SSSR count). The molecule has 1 aromatic carbocycles. The summed E-state index contributed by atoms with van der Waals surface area (Å²) in [6, 6.07) is 6.90. The third kappa shape index (κ3) is 3.35. The first-order valence-electron chi connectivity index (χ1n) is 7.46. The van der Waals surface area contributed by atoms with Gasteiger partial charge in [0.25, 0.3) is 5.91 Å². The molecule has 0 aromatic heterocycles. The normalized spacial score (nSPS) is 17.3. The van der Waals surface area contributed by atoms with E-state index in [1.807, 2.05) is 6.07 Å². The standard InChI is InChI=1S/C16H22N2O/c19-16(18-10-2-9-17-15-7-8-15)14-6-5-12-3-1-4-13(12)11-14/h5-6,11,15,17H,1-4,7-10H2,(H,18,19). The second-order valence-electron chi connectivity index (χ2n) is 5.67. The van der Waals surface area contributed by atoms with Crippen molar-refractivity contribution in [2.75, 3.05) is 13.1 Å². The minimum atomic E-state index is 0.0705. The molecule has 0 atom stereocenters. The van der Waals surface area contributed by atoms with Crippen molar-refractivity contribution in [3.63, 3.8) is 0 Å². The van der Waals surface area contributed by atoms with Crippen LogP contribution in [0, 0.1) is 0 Å². The first-order valence-corrected chi connectivity index (χ1v) is 7.46. The van der Waals surface area contributed by atoms with Gasteiger partial charge < -0.3 is 10.6 Å². The first kappa shape index (κ1) is 12.7. The molecule has 0 heterocycles. The summed E-state index contributed by atoms with van der Waals surface area (Å²) in [6.45, 7) is 1.77. The third-order valence-corrected chi connectivity index (χ3v) is 4.01. The lowest BCUT2D eigenvalue weighted by Gasteiger charge is -2.07. The van der Waals surface area contributed by atoms with Crippen molar-refractivity contribution < 1.29 is 4.79 Å². The van der Waals surface area contributed by atoms with Gasteiger partial charge in [0.1, 0.15) is 0 Å². The van der Waals surface area contributed by atoms with Crippen LogP contribution in [0.4, 0.5) is 0 Å². The van der Waals surface area contributed by atoms with E-state index >= 15 is 0 Å². The molecule has 1 saturated carbocycles. The fourth-order valence-electron chi connectivity index (χ4n) is 2.70. The highest BCUT2D eigenvalue weighted by Crippen LogP contribution is 2.22. The minimum absolute atomic E-state index is 0.0705. The van der Waals surface area contributed by atoms with Crippen LogP contribution in [0.3, 0.4) is 0 Å². The van der Waals surface area contributed by atoms with Crippen LogP contribution in [0.2, 0.25) is 0 Å². The van der Waals surface area contributed by atoms with Gasteiger partial charge in [-0.25, -0.2) is 0 Å². The van der Waals surface area contributed by atoms with Gasteiger partial charge in [0.05, 0.1) is 0 Å². The molecule has 2 aliphatic rings. The van der Waals surface area contributed by atoms with E-state index in [1.165, 1.54) is 36.8 Å². The second kappa shape index (κ2) is 5.74. The number of rotatable bonds is 6. The van der Waals surface area contributed by atoms with Crippen LogP contribution in [-0.2, 0) is 12.8 Å². The highest BCUT2D eigenvalue weighted by molar-refractivity contribution is 5.94. The Bertz CT molecular complexity index is 466. The van der Waals surface area contributed by atoms with Gasteiger partial charge in [-0.2, -0.15) is 0 Å². The van der Waals surface area contributed by atoms with Crippen molar-refractivity contribution in [3.8, 4) is 0 Å². The molecule has 1 fully saturated rings. The predicted molar refractivity (Wildman–Crippen MR) is 76.4 cm³/mol. The number of hydrogen-bond donors (Lipinski definition) is 2. The van der Waals surface area contributed by atoms with Crippen LogP contribution in [-0.4, -0.2) is 25.0 Å². The second-order valence-corrected chi connectivity index (χ2v) is 5.67. The first-order chi connectivity index (χ1) is 9.33. The molecule has 102 valence electrons. The Morgan fingerprint density at radius 1 is 1.16 bits per heavy atom. The molecule has 2 aliphatic carbocycles. The number of aryl methyl sites for hydroxylation is 2. The van der Waals surface area contributed by atoms with Gasteiger partial charge in [-0.15, -0.1) is 0 Å². The molecule has 0 radical (unpaired) electrons. The van der Waals surface area contributed by atoms with E-state index in [0.29, 0.717) is 0 Å². The molecule has 0 bridgehead atoms. The number of fused-ring (bicyclic) bond motifs is 1. The summed E-state index contributed by atoms with van der Waals surface area (Å²) in [5.41, 5.74) is 3.60. The maximum Gasteiger partial charge on any atom is 0.251 e. The van der Waals surface area contributed by atoms with Crippen LogP contribution in [0.15, 0.2) is 18.2 Å². The van der Waals surface area contributed by atoms with Crippen molar-refractivity contribution >= 4 is 5.91 Å². The van der Waals surface area contributed by atoms with Crippen molar-refractivity contribution in [1.82, 2.24) is 10.6 Å². The zero-order valence-corrected chi connectivity index (χ0v) is 11.4. The molecule has 3 heteroatoms. The molecule has 0 aliphatic heterocycles. The highest BCUT2D eigenvalue weighted by atomic mass is 16.1. The van der Waals surface area contributed by atoms with Crippen LogP contribution in [0.1, 0.15) is 47.2 Å². The largest absolute Gasteiger partial charge is 0.352 e. The molecule has 0 spiro atoms. The number of hydrogen-bond acceptors (Lipinski definition) is 2. The van der Waals surface area contributed by atoms with Crippen molar-refractivity contribution in [2.45, 2.75) is 44.6 Å². The molecular formula is C16H22N2O. The zero-order chi connectivity index (χ0) is 13.1. The molecule has 1 aromatic rings. The van der Waals surface area contributed by atoms with Crippen molar-refractivity contribution in [1.29, 1.82) is 0 Å². The van der Waals surface area contributed by atoms with Gasteiger partial charge in [0.15, 0.2) is 0 Å². The van der Waals surface area contributed by atoms with Gasteiger partial charge in [0, 0.05) is 18.2 Å². The van der Waals surface area contributed by atoms with E-state index < -0.39 is 0 Å². The Balaban J connectivity index is 1.44. The minimum Gasteiger partial charge on any atom is -0.352 e. The van der Waals surface area contributed by atoms with E-state index in [2.05, 4.69) is 22.8 Å². The molecule has 0 saturated heterocycles. The molecule has 2 N–H and O–H groups in total. The lowest BCUT2D eigenvalue weighted by atomic mass is 10.1. The highest BCUT2D eigenvalue weighted by Gasteiger charge is 2.19. The van der Waals surface area contributed by atoms with Crippen LogP contribution in [0.5, 0.6) is 0 Å². The average molecular weight is 258 g/mol. The van der Waals surface area contributed by atoms with Gasteiger partial charge >= 0.3 is 0 Å². The third-order valence-electron chi connectivity index (χ3n) is 4.01. The molecule has 0 unspecified atom stereocenters. The quantitative estimate of drug-likeness (QED) is 0.767. The van der Waals surface area contributed by atoms with Gasteiger partial charge in [-0.05, 0) is 68.3 Å². The molecule has 19 heavy (non-hydrogen) atoms. The summed E-state index contributed by atoms with van der Waals surface area (Å²) in [7, 11) is 0. The molecule has 3 nitrogen and oxygen atoms in total. The van der Waals surface area contributed by atoms with Crippen LogP contribution < -0.4 is 10.6 Å². The van der Waals surface area contributed by atoms with E-state index in [0.717, 1.165) is 37.5 Å². The smallest absolute Gasteiger partial charge is 0.251 e. The number of nitrogens with one attached hydrogen (secondary N) is 2. The zero-order valence-electron chi connectivity index (χ0n) is 11.4. The number of amides is 1. The maximum absolute atomic E-state index is 12.0. The SMILES string of the molecule is O=C(NCCCNC1CC1)c1ccc2c(c1)CCC2. The Morgan fingerprint density at radius 2 is 2.00 bits per heavy atom.